The second kappa shape index (κ2) is 7.14. The Kier molecular flexibility index (Phi) is 5.48. The van der Waals surface area contributed by atoms with E-state index in [1.54, 1.807) is 19.1 Å². The lowest BCUT2D eigenvalue weighted by Gasteiger charge is -2.31. The molecule has 1 amide bonds. The van der Waals surface area contributed by atoms with Gasteiger partial charge in [-0.25, -0.2) is 0 Å². The Morgan fingerprint density at radius 3 is 2.95 bits per heavy atom. The minimum atomic E-state index is -0.521. The highest BCUT2D eigenvalue weighted by Gasteiger charge is 2.25. The molecule has 5 heteroatoms. The van der Waals surface area contributed by atoms with Crippen LogP contribution in [0, 0.1) is 12.8 Å². The van der Waals surface area contributed by atoms with E-state index in [2.05, 4.69) is 17.6 Å². The third-order valence-corrected chi connectivity index (χ3v) is 4.35. The van der Waals surface area contributed by atoms with Gasteiger partial charge in [0.2, 0.25) is 0 Å². The van der Waals surface area contributed by atoms with Crippen LogP contribution in [0.25, 0.3) is 0 Å². The monoisotopic (exact) mass is 310 g/mol. The third-order valence-electron chi connectivity index (χ3n) is 3.92. The maximum atomic E-state index is 12.2. The smallest absolute Gasteiger partial charge is 0.261 e. The van der Waals surface area contributed by atoms with Gasteiger partial charge in [0.15, 0.2) is 6.10 Å². The maximum Gasteiger partial charge on any atom is 0.261 e. The molecule has 3 atom stereocenters. The van der Waals surface area contributed by atoms with Gasteiger partial charge in [0.25, 0.3) is 5.91 Å². The summed E-state index contributed by atoms with van der Waals surface area (Å²) in [6, 6.07) is 5.63. The van der Waals surface area contributed by atoms with Crippen LogP contribution in [0.2, 0.25) is 5.02 Å². The van der Waals surface area contributed by atoms with Crippen molar-refractivity contribution in [2.75, 3.05) is 13.1 Å². The fourth-order valence-electron chi connectivity index (χ4n) is 2.48. The molecule has 1 aliphatic heterocycles. The Balaban J connectivity index is 1.91. The van der Waals surface area contributed by atoms with Crippen LogP contribution in [0.3, 0.4) is 0 Å². The average Bonchev–Trinajstić information content (AvgIpc) is 2.45. The highest BCUT2D eigenvalue weighted by molar-refractivity contribution is 6.31. The lowest BCUT2D eigenvalue weighted by atomic mass is 9.95. The molecule has 0 aromatic heterocycles. The molecule has 1 aromatic carbocycles. The van der Waals surface area contributed by atoms with E-state index in [1.165, 1.54) is 0 Å². The van der Waals surface area contributed by atoms with Gasteiger partial charge in [-0.3, -0.25) is 4.79 Å². The first-order chi connectivity index (χ1) is 9.97. The molecule has 1 heterocycles. The number of carbonyl (C=O) groups is 1. The van der Waals surface area contributed by atoms with Crippen LogP contribution >= 0.6 is 11.6 Å². The van der Waals surface area contributed by atoms with Crippen LogP contribution in [0.5, 0.6) is 5.75 Å². The van der Waals surface area contributed by atoms with Crippen LogP contribution in [-0.2, 0) is 4.79 Å². The molecule has 0 bridgehead atoms. The third kappa shape index (κ3) is 4.35. The number of aryl methyl sites for hydroxylation is 1. The number of amides is 1. The van der Waals surface area contributed by atoms with E-state index in [-0.39, 0.29) is 11.9 Å². The molecule has 0 radical (unpaired) electrons. The normalized spacial score (nSPS) is 23.4. The number of rotatable bonds is 4. The zero-order chi connectivity index (χ0) is 15.4. The summed E-state index contributed by atoms with van der Waals surface area (Å²) in [6.07, 6.45) is 0.437. The van der Waals surface area contributed by atoms with Crippen LogP contribution in [0.4, 0.5) is 0 Å². The summed E-state index contributed by atoms with van der Waals surface area (Å²) in [6.45, 7) is 7.71. The van der Waals surface area contributed by atoms with E-state index in [0.717, 1.165) is 25.1 Å². The van der Waals surface area contributed by atoms with Crippen LogP contribution < -0.4 is 15.4 Å². The van der Waals surface area contributed by atoms with Gasteiger partial charge in [0.1, 0.15) is 5.75 Å². The molecule has 1 fully saturated rings. The largest absolute Gasteiger partial charge is 0.481 e. The van der Waals surface area contributed by atoms with E-state index in [1.807, 2.05) is 13.0 Å². The van der Waals surface area contributed by atoms with E-state index in [9.17, 15) is 4.79 Å². The zero-order valence-electron chi connectivity index (χ0n) is 12.8. The summed E-state index contributed by atoms with van der Waals surface area (Å²) >= 11 is 5.98. The minimum Gasteiger partial charge on any atom is -0.481 e. The lowest BCUT2D eigenvalue weighted by Crippen LogP contribution is -2.51. The molecule has 2 N–H and O–H groups in total. The zero-order valence-corrected chi connectivity index (χ0v) is 13.5. The molecule has 4 nitrogen and oxygen atoms in total. The Morgan fingerprint density at radius 1 is 1.52 bits per heavy atom. The van der Waals surface area contributed by atoms with Crippen molar-refractivity contribution in [1.82, 2.24) is 10.6 Å². The van der Waals surface area contributed by atoms with Crippen molar-refractivity contribution in [3.63, 3.8) is 0 Å². The molecular formula is C16H23ClN2O2. The van der Waals surface area contributed by atoms with E-state index in [4.69, 9.17) is 16.3 Å². The van der Waals surface area contributed by atoms with E-state index in [0.29, 0.717) is 16.7 Å². The fourth-order valence-corrected chi connectivity index (χ4v) is 2.59. The predicted octanol–water partition coefficient (Wildman–Crippen LogP) is 2.53. The summed E-state index contributed by atoms with van der Waals surface area (Å²) in [4.78, 5) is 12.2. The number of piperidine rings is 1. The minimum absolute atomic E-state index is 0.0682. The van der Waals surface area contributed by atoms with Crippen molar-refractivity contribution >= 4 is 17.5 Å². The van der Waals surface area contributed by atoms with Gasteiger partial charge in [0, 0.05) is 11.1 Å². The van der Waals surface area contributed by atoms with Gasteiger partial charge in [-0.1, -0.05) is 18.5 Å². The molecule has 1 aliphatic rings. The van der Waals surface area contributed by atoms with Gasteiger partial charge in [-0.15, -0.1) is 0 Å². The summed E-state index contributed by atoms with van der Waals surface area (Å²) in [5.41, 5.74) is 0.939. The summed E-state index contributed by atoms with van der Waals surface area (Å²) < 4.78 is 5.70. The first-order valence-corrected chi connectivity index (χ1v) is 7.79. The molecular weight excluding hydrogens is 288 g/mol. The second-order valence-corrected chi connectivity index (χ2v) is 6.16. The van der Waals surface area contributed by atoms with Crippen LogP contribution in [0.1, 0.15) is 25.8 Å². The summed E-state index contributed by atoms with van der Waals surface area (Å²) in [7, 11) is 0. The quantitative estimate of drug-likeness (QED) is 0.898. The Labute approximate surface area is 131 Å². The number of hydrogen-bond donors (Lipinski definition) is 2. The second-order valence-electron chi connectivity index (χ2n) is 5.76. The Morgan fingerprint density at radius 2 is 2.29 bits per heavy atom. The molecule has 3 unspecified atom stereocenters. The molecule has 21 heavy (non-hydrogen) atoms. The SMILES string of the molecule is Cc1cc(OC(C)C(=O)NC2CCNCC2C)ccc1Cl. The fraction of sp³-hybridized carbons (Fsp3) is 0.562. The molecule has 2 rings (SSSR count). The molecule has 0 aliphatic carbocycles. The summed E-state index contributed by atoms with van der Waals surface area (Å²) in [5.74, 6) is 1.03. The molecule has 116 valence electrons. The van der Waals surface area contributed by atoms with Gasteiger partial charge >= 0.3 is 0 Å². The van der Waals surface area contributed by atoms with Crippen molar-refractivity contribution in [2.24, 2.45) is 5.92 Å². The highest BCUT2D eigenvalue weighted by Crippen LogP contribution is 2.22. The average molecular weight is 311 g/mol. The number of nitrogens with one attached hydrogen (secondary N) is 2. The van der Waals surface area contributed by atoms with Crippen molar-refractivity contribution in [3.8, 4) is 5.75 Å². The van der Waals surface area contributed by atoms with E-state index < -0.39 is 6.10 Å². The molecule has 1 aromatic rings. The first-order valence-electron chi connectivity index (χ1n) is 7.41. The standard InChI is InChI=1S/C16H23ClN2O2/c1-10-8-13(4-5-14(10)17)21-12(3)16(20)19-15-6-7-18-9-11(15)2/h4-5,8,11-12,15,18H,6-7,9H2,1-3H3,(H,19,20). The summed E-state index contributed by atoms with van der Waals surface area (Å²) in [5, 5.41) is 7.11. The Hall–Kier alpha value is -1.26. The molecule has 0 saturated carbocycles. The number of carbonyl (C=O) groups excluding carboxylic acids is 1. The van der Waals surface area contributed by atoms with Gasteiger partial charge in [0.05, 0.1) is 0 Å². The number of ether oxygens (including phenoxy) is 1. The predicted molar refractivity (Wildman–Crippen MR) is 84.9 cm³/mol. The van der Waals surface area contributed by atoms with Crippen molar-refractivity contribution < 1.29 is 9.53 Å². The molecule has 0 spiro atoms. The van der Waals surface area contributed by atoms with Crippen LogP contribution in [0.15, 0.2) is 18.2 Å². The molecule has 1 saturated heterocycles. The van der Waals surface area contributed by atoms with Crippen molar-refractivity contribution in [3.05, 3.63) is 28.8 Å². The maximum absolute atomic E-state index is 12.2. The van der Waals surface area contributed by atoms with Crippen molar-refractivity contribution in [2.45, 2.75) is 39.3 Å². The Bertz CT molecular complexity index is 507. The number of hydrogen-bond acceptors (Lipinski definition) is 3. The van der Waals surface area contributed by atoms with Gasteiger partial charge in [-0.2, -0.15) is 0 Å². The van der Waals surface area contributed by atoms with Crippen LogP contribution in [-0.4, -0.2) is 31.1 Å². The number of benzene rings is 1. The van der Waals surface area contributed by atoms with E-state index >= 15 is 0 Å². The van der Waals surface area contributed by atoms with Gasteiger partial charge < -0.3 is 15.4 Å². The van der Waals surface area contributed by atoms with Crippen molar-refractivity contribution in [1.29, 1.82) is 0 Å². The number of halogens is 1. The highest BCUT2D eigenvalue weighted by atomic mass is 35.5. The lowest BCUT2D eigenvalue weighted by molar-refractivity contribution is -0.128. The first kappa shape index (κ1) is 16.1. The topological polar surface area (TPSA) is 50.4 Å². The van der Waals surface area contributed by atoms with Gasteiger partial charge in [-0.05, 0) is 63.0 Å².